The quantitative estimate of drug-likeness (QED) is 0.235. The summed E-state index contributed by atoms with van der Waals surface area (Å²) in [6, 6.07) is 24.9. The minimum Gasteiger partial charge on any atom is -0.487 e. The van der Waals surface area contributed by atoms with E-state index in [4.69, 9.17) is 14.9 Å². The number of ether oxygens (including phenoxy) is 1. The monoisotopic (exact) mass is 501 g/mol. The Bertz CT molecular complexity index is 1320. The average Bonchev–Trinajstić information content (AvgIpc) is 3.30. The van der Waals surface area contributed by atoms with E-state index < -0.39 is 11.8 Å². The number of para-hydroxylation sites is 1. The van der Waals surface area contributed by atoms with Crippen LogP contribution >= 0.6 is 0 Å². The van der Waals surface area contributed by atoms with E-state index in [0.29, 0.717) is 36.9 Å². The van der Waals surface area contributed by atoms with Crippen molar-refractivity contribution in [2.24, 2.45) is 0 Å². The van der Waals surface area contributed by atoms with Crippen LogP contribution in [0.25, 0.3) is 0 Å². The van der Waals surface area contributed by atoms with Gasteiger partial charge in [0.05, 0.1) is 17.9 Å². The molecule has 4 aromatic rings. The van der Waals surface area contributed by atoms with Crippen molar-refractivity contribution in [2.75, 3.05) is 5.32 Å². The van der Waals surface area contributed by atoms with Crippen molar-refractivity contribution in [3.05, 3.63) is 113 Å². The molecule has 0 amide bonds. The second kappa shape index (κ2) is 12.2. The Hall–Kier alpha value is -4.13. The number of aryl methyl sites for hydroxylation is 1. The third-order valence-electron chi connectivity index (χ3n) is 6.12. The fourth-order valence-corrected chi connectivity index (χ4v) is 3.93. The van der Waals surface area contributed by atoms with Gasteiger partial charge in [0.1, 0.15) is 18.2 Å². The van der Waals surface area contributed by atoms with E-state index in [1.165, 1.54) is 6.07 Å². The van der Waals surface area contributed by atoms with Gasteiger partial charge in [-0.3, -0.25) is 9.48 Å². The largest absolute Gasteiger partial charge is 0.487 e. The molecule has 0 atom stereocenters. The highest BCUT2D eigenvalue weighted by molar-refractivity contribution is 5.67. The Morgan fingerprint density at radius 2 is 1.76 bits per heavy atom. The minimum atomic E-state index is -0.935. The molecule has 37 heavy (non-hydrogen) atoms. The number of halogens is 1. The first-order valence-electron chi connectivity index (χ1n) is 12.4. The Labute approximate surface area is 216 Å². The van der Waals surface area contributed by atoms with Gasteiger partial charge in [-0.2, -0.15) is 5.10 Å². The Kier molecular flexibility index (Phi) is 8.56. The van der Waals surface area contributed by atoms with Crippen LogP contribution in [0.3, 0.4) is 0 Å². The van der Waals surface area contributed by atoms with Crippen LogP contribution in [0.1, 0.15) is 54.3 Å². The molecule has 1 heterocycles. The highest BCUT2D eigenvalue weighted by atomic mass is 19.1. The van der Waals surface area contributed by atoms with Gasteiger partial charge in [-0.15, -0.1) is 0 Å². The first kappa shape index (κ1) is 25.9. The molecular weight excluding hydrogens is 469 g/mol. The molecule has 2 N–H and O–H groups in total. The molecule has 0 saturated carbocycles. The van der Waals surface area contributed by atoms with E-state index in [9.17, 15) is 9.18 Å². The standard InChI is InChI=1S/C30H32FN3O3/c1-21(2)29-17-26(20-37-27-6-4-3-5-7-27)34(33-29)19-23-10-8-22(9-11-23)18-32-25-14-12-24(28(31)16-25)13-15-30(35)36/h3-12,14,16-17,21,32H,13,15,18-20H2,1-2H3,(H,35,36). The maximum atomic E-state index is 14.3. The van der Waals surface area contributed by atoms with E-state index in [-0.39, 0.29) is 12.8 Å². The molecule has 6 nitrogen and oxygen atoms in total. The number of aromatic nitrogens is 2. The highest BCUT2D eigenvalue weighted by Gasteiger charge is 2.12. The summed E-state index contributed by atoms with van der Waals surface area (Å²) in [7, 11) is 0. The predicted molar refractivity (Wildman–Crippen MR) is 142 cm³/mol. The van der Waals surface area contributed by atoms with Crippen LogP contribution in [0.4, 0.5) is 10.1 Å². The molecule has 0 spiro atoms. The van der Waals surface area contributed by atoms with Crippen LogP contribution in [-0.2, 0) is 30.9 Å². The lowest BCUT2D eigenvalue weighted by Crippen LogP contribution is -2.09. The van der Waals surface area contributed by atoms with Gasteiger partial charge in [0.2, 0.25) is 0 Å². The fraction of sp³-hybridized carbons (Fsp3) is 0.267. The van der Waals surface area contributed by atoms with E-state index in [0.717, 1.165) is 28.3 Å². The number of hydrogen-bond acceptors (Lipinski definition) is 4. The number of nitrogens with one attached hydrogen (secondary N) is 1. The Morgan fingerprint density at radius 1 is 1.03 bits per heavy atom. The van der Waals surface area contributed by atoms with Crippen LogP contribution in [0.15, 0.2) is 78.9 Å². The van der Waals surface area contributed by atoms with Gasteiger partial charge in [-0.05, 0) is 59.4 Å². The summed E-state index contributed by atoms with van der Waals surface area (Å²) in [5.74, 6) is -0.183. The maximum absolute atomic E-state index is 14.3. The fourth-order valence-electron chi connectivity index (χ4n) is 3.93. The summed E-state index contributed by atoms with van der Waals surface area (Å²) < 4.78 is 22.2. The van der Waals surface area contributed by atoms with Gasteiger partial charge in [0, 0.05) is 18.7 Å². The highest BCUT2D eigenvalue weighted by Crippen LogP contribution is 2.20. The Morgan fingerprint density at radius 3 is 2.43 bits per heavy atom. The van der Waals surface area contributed by atoms with Crippen LogP contribution in [0.2, 0.25) is 0 Å². The number of carboxylic acid groups (broad SMARTS) is 1. The average molecular weight is 502 g/mol. The van der Waals surface area contributed by atoms with E-state index in [1.807, 2.05) is 47.1 Å². The van der Waals surface area contributed by atoms with Crippen molar-refractivity contribution in [1.82, 2.24) is 9.78 Å². The van der Waals surface area contributed by atoms with Gasteiger partial charge >= 0.3 is 5.97 Å². The third kappa shape index (κ3) is 7.43. The zero-order chi connectivity index (χ0) is 26.2. The molecule has 0 bridgehead atoms. The lowest BCUT2D eigenvalue weighted by atomic mass is 10.1. The molecule has 0 radical (unpaired) electrons. The molecule has 0 unspecified atom stereocenters. The van der Waals surface area contributed by atoms with Crippen LogP contribution in [0.5, 0.6) is 5.75 Å². The van der Waals surface area contributed by atoms with Gasteiger partial charge in [-0.1, -0.05) is 62.4 Å². The molecule has 0 fully saturated rings. The molecule has 4 rings (SSSR count). The van der Waals surface area contributed by atoms with Crippen molar-refractivity contribution in [2.45, 2.75) is 52.3 Å². The number of carbonyl (C=O) groups is 1. The van der Waals surface area contributed by atoms with Crippen molar-refractivity contribution in [3.8, 4) is 5.75 Å². The zero-order valence-electron chi connectivity index (χ0n) is 21.2. The molecule has 7 heteroatoms. The second-order valence-electron chi connectivity index (χ2n) is 9.34. The number of benzene rings is 3. The van der Waals surface area contributed by atoms with E-state index in [2.05, 4.69) is 37.4 Å². The molecule has 192 valence electrons. The van der Waals surface area contributed by atoms with E-state index in [1.54, 1.807) is 12.1 Å². The SMILES string of the molecule is CC(C)c1cc(COc2ccccc2)n(Cc2ccc(CNc3ccc(CCC(=O)O)c(F)c3)cc2)n1. The normalized spacial score (nSPS) is 11.0. The van der Waals surface area contributed by atoms with Crippen molar-refractivity contribution in [3.63, 3.8) is 0 Å². The molecule has 1 aromatic heterocycles. The smallest absolute Gasteiger partial charge is 0.303 e. The lowest BCUT2D eigenvalue weighted by Gasteiger charge is -2.11. The molecular formula is C30H32FN3O3. The van der Waals surface area contributed by atoms with Gasteiger partial charge in [0.25, 0.3) is 0 Å². The number of hydrogen-bond donors (Lipinski definition) is 2. The summed E-state index contributed by atoms with van der Waals surface area (Å²) in [5.41, 5.74) is 5.30. The minimum absolute atomic E-state index is 0.0884. The summed E-state index contributed by atoms with van der Waals surface area (Å²) in [4.78, 5) is 10.7. The third-order valence-corrected chi connectivity index (χ3v) is 6.12. The molecule has 0 saturated heterocycles. The summed E-state index contributed by atoms with van der Waals surface area (Å²) in [6.45, 7) is 5.88. The molecule has 0 aliphatic carbocycles. The van der Waals surface area contributed by atoms with Gasteiger partial charge in [-0.25, -0.2) is 4.39 Å². The van der Waals surface area contributed by atoms with Crippen LogP contribution < -0.4 is 10.1 Å². The van der Waals surface area contributed by atoms with Crippen LogP contribution in [-0.4, -0.2) is 20.9 Å². The number of anilines is 1. The first-order chi connectivity index (χ1) is 17.9. The Balaban J connectivity index is 1.37. The summed E-state index contributed by atoms with van der Waals surface area (Å²) in [6.07, 6.45) is 0.0901. The van der Waals surface area contributed by atoms with Gasteiger partial charge < -0.3 is 15.2 Å². The van der Waals surface area contributed by atoms with Gasteiger partial charge in [0.15, 0.2) is 0 Å². The second-order valence-corrected chi connectivity index (χ2v) is 9.34. The van der Waals surface area contributed by atoms with Crippen LogP contribution in [0, 0.1) is 5.82 Å². The molecule has 3 aromatic carbocycles. The zero-order valence-corrected chi connectivity index (χ0v) is 21.2. The van der Waals surface area contributed by atoms with Crippen molar-refractivity contribution in [1.29, 1.82) is 0 Å². The van der Waals surface area contributed by atoms with Crippen molar-refractivity contribution >= 4 is 11.7 Å². The summed E-state index contributed by atoms with van der Waals surface area (Å²) in [5, 5.41) is 16.8. The number of nitrogens with zero attached hydrogens (tertiary/aromatic N) is 2. The predicted octanol–water partition coefficient (Wildman–Crippen LogP) is 6.40. The molecule has 0 aliphatic rings. The number of aliphatic carboxylic acids is 1. The molecule has 0 aliphatic heterocycles. The maximum Gasteiger partial charge on any atom is 0.303 e. The topological polar surface area (TPSA) is 76.4 Å². The van der Waals surface area contributed by atoms with E-state index >= 15 is 0 Å². The number of rotatable bonds is 12. The lowest BCUT2D eigenvalue weighted by molar-refractivity contribution is -0.136. The number of carboxylic acids is 1. The van der Waals surface area contributed by atoms with Crippen molar-refractivity contribution < 1.29 is 19.0 Å². The first-order valence-corrected chi connectivity index (χ1v) is 12.4. The summed E-state index contributed by atoms with van der Waals surface area (Å²) >= 11 is 0.